The maximum atomic E-state index is 10.9. The van der Waals surface area contributed by atoms with Gasteiger partial charge in [-0.15, -0.1) is 0 Å². The Morgan fingerprint density at radius 3 is 2.85 bits per heavy atom. The van der Waals surface area contributed by atoms with Crippen LogP contribution in [0.3, 0.4) is 0 Å². The first kappa shape index (κ1) is 14.0. The number of rotatable bonds is 5. The van der Waals surface area contributed by atoms with Gasteiger partial charge in [0, 0.05) is 18.4 Å². The van der Waals surface area contributed by atoms with Crippen LogP contribution in [0.25, 0.3) is 0 Å². The fourth-order valence-electron chi connectivity index (χ4n) is 1.94. The van der Waals surface area contributed by atoms with Crippen LogP contribution in [0.4, 0.5) is 0 Å². The Kier molecular flexibility index (Phi) is 3.99. The quantitative estimate of drug-likeness (QED) is 0.728. The summed E-state index contributed by atoms with van der Waals surface area (Å²) in [6.45, 7) is 0. The Morgan fingerprint density at radius 2 is 2.20 bits per heavy atom. The predicted molar refractivity (Wildman–Crippen MR) is 69.7 cm³/mol. The molecule has 1 heterocycles. The number of benzene rings is 1. The molecule has 0 unspecified atom stereocenters. The Hall–Kier alpha value is -2.41. The minimum absolute atomic E-state index is 0.154. The molecule has 4 N–H and O–H groups in total. The number of hydrogen-bond acceptors (Lipinski definition) is 5. The summed E-state index contributed by atoms with van der Waals surface area (Å²) in [7, 11) is 0. The lowest BCUT2D eigenvalue weighted by atomic mass is 9.99. The Labute approximate surface area is 114 Å². The number of carbonyl (C=O) groups is 2. The van der Waals surface area contributed by atoms with Crippen molar-refractivity contribution in [3.8, 4) is 0 Å². The summed E-state index contributed by atoms with van der Waals surface area (Å²) in [6, 6.07) is 5.34. The minimum atomic E-state index is -1.09. The SMILES string of the molecule is N[C@@H](C[C@H]1CC(c2cccc(C(=O)O)c2)=NO1)C(=O)O. The van der Waals surface area contributed by atoms with Crippen molar-refractivity contribution < 1.29 is 24.6 Å². The van der Waals surface area contributed by atoms with Gasteiger partial charge in [-0.2, -0.15) is 0 Å². The number of hydrogen-bond donors (Lipinski definition) is 3. The van der Waals surface area contributed by atoms with Gasteiger partial charge < -0.3 is 20.8 Å². The molecule has 2 rings (SSSR count). The second-order valence-electron chi connectivity index (χ2n) is 4.54. The number of nitrogens with zero attached hydrogens (tertiary/aromatic N) is 1. The zero-order chi connectivity index (χ0) is 14.7. The van der Waals surface area contributed by atoms with Gasteiger partial charge in [0.1, 0.15) is 12.1 Å². The molecule has 0 amide bonds. The Bertz CT molecular complexity index is 570. The van der Waals surface area contributed by atoms with Crippen LogP contribution < -0.4 is 5.73 Å². The van der Waals surface area contributed by atoms with E-state index in [1.54, 1.807) is 12.1 Å². The molecule has 0 saturated heterocycles. The number of carboxylic acids is 2. The fourth-order valence-corrected chi connectivity index (χ4v) is 1.94. The molecule has 106 valence electrons. The summed E-state index contributed by atoms with van der Waals surface area (Å²) in [5.74, 6) is -2.11. The number of oxime groups is 1. The van der Waals surface area contributed by atoms with Crippen molar-refractivity contribution in [2.75, 3.05) is 0 Å². The highest BCUT2D eigenvalue weighted by Gasteiger charge is 2.27. The second kappa shape index (κ2) is 5.70. The molecule has 1 aliphatic heterocycles. The Balaban J connectivity index is 2.04. The molecule has 7 nitrogen and oxygen atoms in total. The van der Waals surface area contributed by atoms with Gasteiger partial charge in [-0.3, -0.25) is 4.79 Å². The molecule has 1 aromatic rings. The van der Waals surface area contributed by atoms with Crippen molar-refractivity contribution in [3.05, 3.63) is 35.4 Å². The van der Waals surface area contributed by atoms with E-state index < -0.39 is 24.1 Å². The van der Waals surface area contributed by atoms with Crippen LogP contribution in [0.2, 0.25) is 0 Å². The van der Waals surface area contributed by atoms with E-state index in [-0.39, 0.29) is 12.0 Å². The molecule has 0 aliphatic carbocycles. The zero-order valence-corrected chi connectivity index (χ0v) is 10.5. The maximum absolute atomic E-state index is 10.9. The molecular formula is C13H14N2O5. The maximum Gasteiger partial charge on any atom is 0.335 e. The van der Waals surface area contributed by atoms with Gasteiger partial charge in [0.15, 0.2) is 0 Å². The molecule has 0 fully saturated rings. The first-order valence-electron chi connectivity index (χ1n) is 6.02. The summed E-state index contributed by atoms with van der Waals surface area (Å²) in [5.41, 5.74) is 6.84. The van der Waals surface area contributed by atoms with Crippen molar-refractivity contribution >= 4 is 17.7 Å². The number of aliphatic carboxylic acids is 1. The summed E-state index contributed by atoms with van der Waals surface area (Å²) in [4.78, 5) is 26.7. The van der Waals surface area contributed by atoms with Gasteiger partial charge >= 0.3 is 11.9 Å². The lowest BCUT2D eigenvalue weighted by molar-refractivity contribution is -0.139. The third-order valence-corrected chi connectivity index (χ3v) is 3.01. The first-order chi connectivity index (χ1) is 9.47. The first-order valence-corrected chi connectivity index (χ1v) is 6.02. The molecule has 0 radical (unpaired) electrons. The van der Waals surface area contributed by atoms with E-state index in [1.807, 2.05) is 0 Å². The van der Waals surface area contributed by atoms with Gasteiger partial charge in [-0.25, -0.2) is 4.79 Å². The molecule has 0 aromatic heterocycles. The van der Waals surface area contributed by atoms with Crippen LogP contribution in [-0.4, -0.2) is 40.0 Å². The monoisotopic (exact) mass is 278 g/mol. The van der Waals surface area contributed by atoms with Gasteiger partial charge in [0.25, 0.3) is 0 Å². The van der Waals surface area contributed by atoms with E-state index in [2.05, 4.69) is 5.16 Å². The molecule has 7 heteroatoms. The van der Waals surface area contributed by atoms with Gasteiger partial charge in [-0.1, -0.05) is 17.3 Å². The molecule has 0 saturated carbocycles. The third-order valence-electron chi connectivity index (χ3n) is 3.01. The van der Waals surface area contributed by atoms with Crippen LogP contribution in [0.15, 0.2) is 29.4 Å². The number of carboxylic acid groups (broad SMARTS) is 2. The van der Waals surface area contributed by atoms with Crippen molar-refractivity contribution in [2.45, 2.75) is 25.0 Å². The smallest absolute Gasteiger partial charge is 0.335 e. The summed E-state index contributed by atoms with van der Waals surface area (Å²) >= 11 is 0. The number of aromatic carboxylic acids is 1. The van der Waals surface area contributed by atoms with Crippen LogP contribution >= 0.6 is 0 Å². The van der Waals surface area contributed by atoms with E-state index in [0.29, 0.717) is 17.7 Å². The highest BCUT2D eigenvalue weighted by molar-refractivity contribution is 6.03. The lowest BCUT2D eigenvalue weighted by Gasteiger charge is -2.10. The third kappa shape index (κ3) is 3.12. The molecule has 1 aliphatic rings. The average Bonchev–Trinajstić information content (AvgIpc) is 2.87. The Morgan fingerprint density at radius 1 is 1.45 bits per heavy atom. The highest BCUT2D eigenvalue weighted by atomic mass is 16.6. The van der Waals surface area contributed by atoms with Crippen LogP contribution in [-0.2, 0) is 9.63 Å². The lowest BCUT2D eigenvalue weighted by Crippen LogP contribution is -2.34. The summed E-state index contributed by atoms with van der Waals surface area (Å²) in [6.07, 6.45) is 0.162. The van der Waals surface area contributed by atoms with E-state index in [1.165, 1.54) is 12.1 Å². The molecule has 0 spiro atoms. The van der Waals surface area contributed by atoms with E-state index in [9.17, 15) is 9.59 Å². The van der Waals surface area contributed by atoms with Crippen LogP contribution in [0.1, 0.15) is 28.8 Å². The summed E-state index contributed by atoms with van der Waals surface area (Å²) < 4.78 is 0. The molecule has 20 heavy (non-hydrogen) atoms. The van der Waals surface area contributed by atoms with E-state index >= 15 is 0 Å². The van der Waals surface area contributed by atoms with Crippen molar-refractivity contribution in [3.63, 3.8) is 0 Å². The minimum Gasteiger partial charge on any atom is -0.480 e. The molecule has 1 aromatic carbocycles. The van der Waals surface area contributed by atoms with E-state index in [4.69, 9.17) is 20.8 Å². The van der Waals surface area contributed by atoms with Gasteiger partial charge in [-0.05, 0) is 12.1 Å². The highest BCUT2D eigenvalue weighted by Crippen LogP contribution is 2.20. The fraction of sp³-hybridized carbons (Fsp3) is 0.308. The van der Waals surface area contributed by atoms with Crippen molar-refractivity contribution in [1.29, 1.82) is 0 Å². The van der Waals surface area contributed by atoms with E-state index in [0.717, 1.165) is 0 Å². The molecular weight excluding hydrogens is 264 g/mol. The predicted octanol–water partition coefficient (Wildman–Crippen LogP) is 0.680. The normalized spacial score (nSPS) is 19.1. The van der Waals surface area contributed by atoms with Crippen molar-refractivity contribution in [2.24, 2.45) is 10.9 Å². The van der Waals surface area contributed by atoms with Crippen LogP contribution in [0, 0.1) is 0 Å². The standard InChI is InChI=1S/C13H14N2O5/c14-10(13(18)19)5-9-6-11(15-20-9)7-2-1-3-8(4-7)12(16)17/h1-4,9-10H,5-6,14H2,(H,16,17)(H,18,19)/t9-,10-/m0/s1. The summed E-state index contributed by atoms with van der Waals surface area (Å²) in [5, 5.41) is 21.5. The average molecular weight is 278 g/mol. The van der Waals surface area contributed by atoms with Gasteiger partial charge in [0.05, 0.1) is 11.3 Å². The largest absolute Gasteiger partial charge is 0.480 e. The molecule has 0 bridgehead atoms. The molecule has 2 atom stereocenters. The van der Waals surface area contributed by atoms with Crippen molar-refractivity contribution in [1.82, 2.24) is 0 Å². The number of nitrogens with two attached hydrogens (primary N) is 1. The van der Waals surface area contributed by atoms with Crippen LogP contribution in [0.5, 0.6) is 0 Å². The topological polar surface area (TPSA) is 122 Å². The van der Waals surface area contributed by atoms with Gasteiger partial charge in [0.2, 0.25) is 0 Å². The zero-order valence-electron chi connectivity index (χ0n) is 10.5. The second-order valence-corrected chi connectivity index (χ2v) is 4.54.